The zero-order valence-electron chi connectivity index (χ0n) is 24.9. The molecule has 4 aromatic rings. The van der Waals surface area contributed by atoms with E-state index in [1.54, 1.807) is 50.3 Å². The van der Waals surface area contributed by atoms with Crippen molar-refractivity contribution < 1.29 is 19.2 Å². The van der Waals surface area contributed by atoms with Crippen LogP contribution >= 0.6 is 23.1 Å². The molecule has 3 heterocycles. The maximum absolute atomic E-state index is 14.0. The van der Waals surface area contributed by atoms with Crippen LogP contribution < -0.4 is 25.2 Å². The minimum Gasteiger partial charge on any atom is -0.497 e. The number of methoxy groups -OCH3 is 1. The molecule has 0 aliphatic carbocycles. The summed E-state index contributed by atoms with van der Waals surface area (Å²) in [6, 6.07) is 12.2. The highest BCUT2D eigenvalue weighted by Crippen LogP contribution is 2.35. The Morgan fingerprint density at radius 2 is 2.00 bits per heavy atom. The molecule has 0 unspecified atom stereocenters. The van der Waals surface area contributed by atoms with Crippen molar-refractivity contribution in [1.29, 1.82) is 0 Å². The summed E-state index contributed by atoms with van der Waals surface area (Å²) >= 11 is 2.10. The normalized spacial score (nSPS) is 14.6. The van der Waals surface area contributed by atoms with E-state index in [4.69, 9.17) is 14.5 Å². The number of thiazole rings is 1. The number of aromatic amines is 1. The second-order valence-electron chi connectivity index (χ2n) is 9.97. The molecule has 45 heavy (non-hydrogen) atoms. The van der Waals surface area contributed by atoms with Crippen molar-refractivity contribution >= 4 is 40.8 Å². The summed E-state index contributed by atoms with van der Waals surface area (Å²) in [5, 5.41) is 12.3. The van der Waals surface area contributed by atoms with Gasteiger partial charge in [0, 0.05) is 17.8 Å². The van der Waals surface area contributed by atoms with Gasteiger partial charge < -0.3 is 14.5 Å². The summed E-state index contributed by atoms with van der Waals surface area (Å²) < 4.78 is 12.6. The van der Waals surface area contributed by atoms with E-state index >= 15 is 0 Å². The Kier molecular flexibility index (Phi) is 9.44. The van der Waals surface area contributed by atoms with E-state index in [2.05, 4.69) is 9.97 Å². The summed E-state index contributed by atoms with van der Waals surface area (Å²) in [6.45, 7) is 5.50. The van der Waals surface area contributed by atoms with E-state index in [1.165, 1.54) is 23.8 Å². The highest BCUT2D eigenvalue weighted by molar-refractivity contribution is 7.99. The Bertz CT molecular complexity index is 2080. The van der Waals surface area contributed by atoms with Crippen LogP contribution in [0.2, 0.25) is 0 Å². The lowest BCUT2D eigenvalue weighted by molar-refractivity contribution is -0.387. The predicted molar refractivity (Wildman–Crippen MR) is 169 cm³/mol. The van der Waals surface area contributed by atoms with Crippen LogP contribution in [0.1, 0.15) is 49.6 Å². The van der Waals surface area contributed by atoms with Crippen LogP contribution in [0, 0.1) is 17.0 Å². The topological polar surface area (TPSA) is 159 Å². The number of benzene rings is 2. The Hall–Kier alpha value is -4.82. The van der Waals surface area contributed by atoms with Gasteiger partial charge in [0.2, 0.25) is 0 Å². The maximum Gasteiger partial charge on any atom is 0.338 e. The molecule has 1 N–H and O–H groups in total. The van der Waals surface area contributed by atoms with Gasteiger partial charge in [-0.1, -0.05) is 42.9 Å². The Labute approximate surface area is 264 Å². The molecule has 0 spiro atoms. The molecule has 0 saturated heterocycles. The minimum absolute atomic E-state index is 0.153. The van der Waals surface area contributed by atoms with E-state index in [0.717, 1.165) is 23.1 Å². The van der Waals surface area contributed by atoms with Crippen LogP contribution in [0.4, 0.5) is 5.69 Å². The van der Waals surface area contributed by atoms with Gasteiger partial charge in [0.05, 0.1) is 45.4 Å². The van der Waals surface area contributed by atoms with Gasteiger partial charge in [-0.15, -0.1) is 0 Å². The number of nitro groups is 1. The molecular weight excluding hydrogens is 619 g/mol. The van der Waals surface area contributed by atoms with Gasteiger partial charge in [0.1, 0.15) is 5.75 Å². The number of H-pyrrole nitrogens is 1. The average molecular weight is 648 g/mol. The Morgan fingerprint density at radius 3 is 2.69 bits per heavy atom. The zero-order chi connectivity index (χ0) is 32.2. The van der Waals surface area contributed by atoms with Gasteiger partial charge in [-0.2, -0.15) is 0 Å². The number of nitrogens with zero attached hydrogens (tertiary/aromatic N) is 4. The molecule has 0 radical (unpaired) electrons. The lowest BCUT2D eigenvalue weighted by atomic mass is 9.94. The van der Waals surface area contributed by atoms with Crippen molar-refractivity contribution in [3.8, 4) is 5.75 Å². The summed E-state index contributed by atoms with van der Waals surface area (Å²) in [6.07, 6.45) is 2.77. The number of carbonyl (C=O) groups is 1. The molecule has 1 atom stereocenters. The zero-order valence-corrected chi connectivity index (χ0v) is 26.5. The van der Waals surface area contributed by atoms with Crippen LogP contribution in [-0.2, 0) is 9.53 Å². The number of aryl methyl sites for hydroxylation is 1. The third-order valence-corrected chi connectivity index (χ3v) is 8.77. The van der Waals surface area contributed by atoms with E-state index in [9.17, 15) is 24.5 Å². The number of hydrogen-bond acceptors (Lipinski definition) is 11. The maximum atomic E-state index is 14.0. The molecule has 0 bridgehead atoms. The van der Waals surface area contributed by atoms with E-state index < -0.39 is 22.5 Å². The number of nitro benzene ring substituents is 1. The third-order valence-electron chi connectivity index (χ3n) is 6.83. The smallest absolute Gasteiger partial charge is 0.338 e. The number of hydrogen-bond donors (Lipinski definition) is 1. The minimum atomic E-state index is -0.823. The largest absolute Gasteiger partial charge is 0.497 e. The Balaban J connectivity index is 1.66. The first-order valence-corrected chi connectivity index (χ1v) is 15.7. The number of carbonyl (C=O) groups excluding carboxylic acids is 1. The summed E-state index contributed by atoms with van der Waals surface area (Å²) in [7, 11) is 1.54. The third kappa shape index (κ3) is 6.66. The predicted octanol–water partition coefficient (Wildman–Crippen LogP) is 4.04. The van der Waals surface area contributed by atoms with Crippen molar-refractivity contribution in [2.24, 2.45) is 4.99 Å². The van der Waals surface area contributed by atoms with Crippen molar-refractivity contribution in [2.75, 3.05) is 13.7 Å². The summed E-state index contributed by atoms with van der Waals surface area (Å²) in [4.78, 5) is 63.0. The number of nitrogens with one attached hydrogen (secondary N) is 1. The number of allylic oxidation sites excluding steroid dienone is 1. The highest BCUT2D eigenvalue weighted by Gasteiger charge is 2.34. The van der Waals surface area contributed by atoms with Crippen molar-refractivity contribution in [3.05, 3.63) is 117 Å². The summed E-state index contributed by atoms with van der Waals surface area (Å²) in [5.41, 5.74) is 1.38. The number of esters is 1. The van der Waals surface area contributed by atoms with Crippen LogP contribution in [0.15, 0.2) is 84.4 Å². The molecule has 1 aliphatic heterocycles. The molecule has 2 aromatic carbocycles. The quantitative estimate of drug-likeness (QED) is 0.116. The van der Waals surface area contributed by atoms with E-state index in [0.29, 0.717) is 45.9 Å². The second-order valence-corrected chi connectivity index (χ2v) is 12.0. The monoisotopic (exact) mass is 647 g/mol. The molecule has 232 valence electrons. The van der Waals surface area contributed by atoms with Gasteiger partial charge in [0.15, 0.2) is 9.96 Å². The van der Waals surface area contributed by atoms with Crippen molar-refractivity contribution in [3.63, 3.8) is 0 Å². The first kappa shape index (κ1) is 31.6. The van der Waals surface area contributed by atoms with Gasteiger partial charge >= 0.3 is 5.97 Å². The summed E-state index contributed by atoms with van der Waals surface area (Å²) in [5.74, 6) is 0.00189. The molecule has 5 rings (SSSR count). The van der Waals surface area contributed by atoms with Crippen LogP contribution in [0.25, 0.3) is 6.08 Å². The SMILES string of the molecule is CCCC1=C(C(=O)OCC)[C@H](c2cccc(OC)c2)n2c(s/c(=C/c3ccc(Sc4nc(C)cc(=O)[nH]4)c([N+](=O)[O-])c3)c2=O)=N1. The average Bonchev–Trinajstić information content (AvgIpc) is 3.30. The van der Waals surface area contributed by atoms with Crippen LogP contribution in [0.5, 0.6) is 5.75 Å². The molecule has 14 heteroatoms. The number of rotatable bonds is 10. The lowest BCUT2D eigenvalue weighted by Gasteiger charge is -2.26. The molecule has 2 aromatic heterocycles. The standard InChI is InChI=1S/C31H29N5O7S2/c1-5-8-21-26(29(39)43-6-2)27(19-9-7-10-20(16-19)42-4)35-28(38)24(45-31(35)33-21)15-18-11-12-23(22(14-18)36(40)41)44-30-32-17(3)13-25(37)34-30/h7,9-16,27H,5-6,8H2,1-4H3,(H,32,34,37)/b24-15+/t27-/m0/s1. The molecular formula is C31H29N5O7S2. The molecule has 12 nitrogen and oxygen atoms in total. The van der Waals surface area contributed by atoms with Gasteiger partial charge in [-0.05, 0) is 67.4 Å². The first-order chi connectivity index (χ1) is 21.6. The molecule has 0 amide bonds. The van der Waals surface area contributed by atoms with Crippen molar-refractivity contribution in [1.82, 2.24) is 14.5 Å². The van der Waals surface area contributed by atoms with Gasteiger partial charge in [0.25, 0.3) is 16.8 Å². The molecule has 0 saturated carbocycles. The second kappa shape index (κ2) is 13.4. The van der Waals surface area contributed by atoms with Crippen molar-refractivity contribution in [2.45, 2.75) is 49.7 Å². The number of ether oxygens (including phenoxy) is 2. The van der Waals surface area contributed by atoms with Crippen LogP contribution in [-0.4, -0.2) is 39.1 Å². The fourth-order valence-electron chi connectivity index (χ4n) is 4.96. The Morgan fingerprint density at radius 1 is 1.20 bits per heavy atom. The highest BCUT2D eigenvalue weighted by atomic mass is 32.2. The molecule has 1 aliphatic rings. The van der Waals surface area contributed by atoms with E-state index in [1.807, 2.05) is 13.0 Å². The van der Waals surface area contributed by atoms with Gasteiger partial charge in [-0.25, -0.2) is 14.8 Å². The fraction of sp³-hybridized carbons (Fsp3) is 0.258. The number of fused-ring (bicyclic) bond motifs is 1. The first-order valence-electron chi connectivity index (χ1n) is 14.0. The van der Waals surface area contributed by atoms with Crippen LogP contribution in [0.3, 0.4) is 0 Å². The number of aromatic nitrogens is 3. The molecule has 0 fully saturated rings. The van der Waals surface area contributed by atoms with E-state index in [-0.39, 0.29) is 38.0 Å². The van der Waals surface area contributed by atoms with Gasteiger partial charge in [-0.3, -0.25) is 24.3 Å². The fourth-order valence-corrected chi connectivity index (χ4v) is 6.90. The lowest BCUT2D eigenvalue weighted by Crippen LogP contribution is -2.40.